The Morgan fingerprint density at radius 3 is 2.38 bits per heavy atom. The molecule has 0 aromatic heterocycles. The van der Waals surface area contributed by atoms with Crippen LogP contribution in [0.3, 0.4) is 0 Å². The molecule has 0 bridgehead atoms. The predicted octanol–water partition coefficient (Wildman–Crippen LogP) is 2.04. The zero-order valence-corrected chi connectivity index (χ0v) is 5.81. The predicted molar refractivity (Wildman–Crippen MR) is 38.5 cm³/mol. The van der Waals surface area contributed by atoms with Crippen molar-refractivity contribution in [3.8, 4) is 0 Å². The third kappa shape index (κ3) is 2.56. The van der Waals surface area contributed by atoms with E-state index < -0.39 is 0 Å². The van der Waals surface area contributed by atoms with Crippen LogP contribution in [0.5, 0.6) is 0 Å². The van der Waals surface area contributed by atoms with Crippen LogP contribution >= 0.6 is 0 Å². The summed E-state index contributed by atoms with van der Waals surface area (Å²) in [5.41, 5.74) is 1.16. The zero-order chi connectivity index (χ0) is 6.41. The average molecular weight is 111 g/mol. The van der Waals surface area contributed by atoms with Crippen molar-refractivity contribution in [2.24, 2.45) is 4.99 Å². The highest BCUT2D eigenvalue weighted by Crippen LogP contribution is 1.85. The molecule has 0 radical (unpaired) electrons. The van der Waals surface area contributed by atoms with E-state index in [4.69, 9.17) is 0 Å². The van der Waals surface area contributed by atoms with E-state index in [1.54, 1.807) is 0 Å². The van der Waals surface area contributed by atoms with E-state index in [9.17, 15) is 0 Å². The zero-order valence-electron chi connectivity index (χ0n) is 5.81. The molecule has 0 fully saturated rings. The van der Waals surface area contributed by atoms with Crippen molar-refractivity contribution in [3.05, 3.63) is 12.2 Å². The van der Waals surface area contributed by atoms with Gasteiger partial charge in [-0.15, -0.1) is 0 Å². The lowest BCUT2D eigenvalue weighted by molar-refractivity contribution is 1.26. The van der Waals surface area contributed by atoms with Crippen molar-refractivity contribution in [1.29, 1.82) is 0 Å². The average Bonchev–Trinajstić information content (AvgIpc) is 1.83. The van der Waals surface area contributed by atoms with Crippen molar-refractivity contribution in [3.63, 3.8) is 0 Å². The van der Waals surface area contributed by atoms with Gasteiger partial charge in [0.25, 0.3) is 0 Å². The van der Waals surface area contributed by atoms with E-state index in [1.165, 1.54) is 0 Å². The van der Waals surface area contributed by atoms with Crippen molar-refractivity contribution in [2.75, 3.05) is 7.05 Å². The molecule has 0 aliphatic rings. The highest BCUT2D eigenvalue weighted by Gasteiger charge is 1.81. The van der Waals surface area contributed by atoms with Crippen LogP contribution in [0, 0.1) is 0 Å². The molecule has 0 aliphatic carbocycles. The summed E-state index contributed by atoms with van der Waals surface area (Å²) in [7, 11) is 1.82. The van der Waals surface area contributed by atoms with E-state index in [-0.39, 0.29) is 0 Å². The van der Waals surface area contributed by atoms with Crippen LogP contribution in [0.2, 0.25) is 0 Å². The van der Waals surface area contributed by atoms with E-state index in [0.29, 0.717) is 0 Å². The first kappa shape index (κ1) is 7.41. The number of allylic oxidation sites excluding steroid dienone is 2. The maximum Gasteiger partial charge on any atom is 0.0338 e. The second-order valence-corrected chi connectivity index (χ2v) is 1.57. The second kappa shape index (κ2) is 4.57. The Morgan fingerprint density at radius 1 is 1.62 bits per heavy atom. The lowest BCUT2D eigenvalue weighted by Crippen LogP contribution is -1.87. The number of hydrogen-bond donors (Lipinski definition) is 0. The molecule has 0 spiro atoms. The van der Waals surface area contributed by atoms with Crippen LogP contribution in [-0.2, 0) is 0 Å². The summed E-state index contributed by atoms with van der Waals surface area (Å²) in [6.07, 6.45) is 5.06. The van der Waals surface area contributed by atoms with Crippen molar-refractivity contribution in [1.82, 2.24) is 0 Å². The van der Waals surface area contributed by atoms with Crippen LogP contribution in [0.1, 0.15) is 20.3 Å². The van der Waals surface area contributed by atoms with Crippen molar-refractivity contribution in [2.45, 2.75) is 20.3 Å². The summed E-state index contributed by atoms with van der Waals surface area (Å²) in [5, 5.41) is 0. The molecular weight excluding hydrogens is 98.1 g/mol. The topological polar surface area (TPSA) is 12.4 Å². The maximum absolute atomic E-state index is 4.03. The molecule has 46 valence electrons. The maximum atomic E-state index is 4.03. The minimum atomic E-state index is 1.03. The molecule has 8 heavy (non-hydrogen) atoms. The van der Waals surface area contributed by atoms with Crippen LogP contribution in [0.15, 0.2) is 17.1 Å². The minimum Gasteiger partial charge on any atom is -0.293 e. The van der Waals surface area contributed by atoms with Crippen molar-refractivity contribution < 1.29 is 0 Å². The number of aliphatic imine (C=N–C) groups is 1. The highest BCUT2D eigenvalue weighted by atomic mass is 14.7. The molecule has 0 amide bonds. The molecule has 0 unspecified atom stereocenters. The first-order valence-electron chi connectivity index (χ1n) is 2.93. The Morgan fingerprint density at radius 2 is 2.25 bits per heavy atom. The Kier molecular flexibility index (Phi) is 4.23. The summed E-state index contributed by atoms with van der Waals surface area (Å²) >= 11 is 0. The Balaban J connectivity index is 3.72. The van der Waals surface area contributed by atoms with Crippen LogP contribution in [0.4, 0.5) is 0 Å². The van der Waals surface area contributed by atoms with Gasteiger partial charge in [0.05, 0.1) is 0 Å². The van der Waals surface area contributed by atoms with Gasteiger partial charge in [0, 0.05) is 12.8 Å². The SMILES string of the molecule is C/C=C\C(CC)=NC. The molecule has 0 saturated carbocycles. The first-order chi connectivity index (χ1) is 3.85. The summed E-state index contributed by atoms with van der Waals surface area (Å²) in [6.45, 7) is 4.10. The van der Waals surface area contributed by atoms with Gasteiger partial charge < -0.3 is 0 Å². The lowest BCUT2D eigenvalue weighted by atomic mass is 10.3. The molecule has 0 atom stereocenters. The Hall–Kier alpha value is -0.590. The third-order valence-corrected chi connectivity index (χ3v) is 1.01. The lowest BCUT2D eigenvalue weighted by Gasteiger charge is -1.88. The van der Waals surface area contributed by atoms with Gasteiger partial charge in [-0.05, 0) is 19.4 Å². The van der Waals surface area contributed by atoms with E-state index in [2.05, 4.69) is 11.9 Å². The van der Waals surface area contributed by atoms with E-state index >= 15 is 0 Å². The highest BCUT2D eigenvalue weighted by molar-refractivity contribution is 5.94. The van der Waals surface area contributed by atoms with Crippen molar-refractivity contribution >= 4 is 5.71 Å². The molecule has 0 aliphatic heterocycles. The molecular formula is C7H13N. The van der Waals surface area contributed by atoms with Crippen LogP contribution in [0.25, 0.3) is 0 Å². The molecule has 0 heterocycles. The fraction of sp³-hybridized carbons (Fsp3) is 0.571. The van der Waals surface area contributed by atoms with Gasteiger partial charge in [-0.2, -0.15) is 0 Å². The molecule has 0 rings (SSSR count). The third-order valence-electron chi connectivity index (χ3n) is 1.01. The fourth-order valence-corrected chi connectivity index (χ4v) is 0.543. The van der Waals surface area contributed by atoms with Gasteiger partial charge >= 0.3 is 0 Å². The van der Waals surface area contributed by atoms with Gasteiger partial charge in [-0.1, -0.05) is 13.0 Å². The number of nitrogens with zero attached hydrogens (tertiary/aromatic N) is 1. The summed E-state index contributed by atoms with van der Waals surface area (Å²) in [5.74, 6) is 0. The standard InChI is InChI=1S/C7H13N/c1-4-6-7(5-2)8-3/h4,6H,5H2,1-3H3/b6-4-,8-7?. The van der Waals surface area contributed by atoms with E-state index in [1.807, 2.05) is 26.1 Å². The molecule has 1 heteroatoms. The number of hydrogen-bond acceptors (Lipinski definition) is 1. The van der Waals surface area contributed by atoms with Gasteiger partial charge in [-0.3, -0.25) is 4.99 Å². The normalized spacial score (nSPS) is 13.1. The second-order valence-electron chi connectivity index (χ2n) is 1.57. The Bertz CT molecular complexity index is 98.2. The van der Waals surface area contributed by atoms with Gasteiger partial charge in [-0.25, -0.2) is 0 Å². The van der Waals surface area contributed by atoms with Crippen LogP contribution in [-0.4, -0.2) is 12.8 Å². The van der Waals surface area contributed by atoms with Gasteiger partial charge in [0.15, 0.2) is 0 Å². The monoisotopic (exact) mass is 111 g/mol. The minimum absolute atomic E-state index is 1.03. The van der Waals surface area contributed by atoms with Crippen LogP contribution < -0.4 is 0 Å². The summed E-state index contributed by atoms with van der Waals surface area (Å²) in [4.78, 5) is 4.03. The largest absolute Gasteiger partial charge is 0.293 e. The molecule has 1 nitrogen and oxygen atoms in total. The fourth-order valence-electron chi connectivity index (χ4n) is 0.543. The first-order valence-corrected chi connectivity index (χ1v) is 2.93. The van der Waals surface area contributed by atoms with E-state index in [0.717, 1.165) is 12.1 Å². The molecule has 0 aromatic carbocycles. The molecule has 0 aromatic rings. The van der Waals surface area contributed by atoms with Gasteiger partial charge in [0.2, 0.25) is 0 Å². The Labute approximate surface area is 51.1 Å². The van der Waals surface area contributed by atoms with Gasteiger partial charge in [0.1, 0.15) is 0 Å². The number of rotatable bonds is 2. The molecule has 0 saturated heterocycles. The summed E-state index contributed by atoms with van der Waals surface area (Å²) < 4.78 is 0. The smallest absolute Gasteiger partial charge is 0.0338 e. The summed E-state index contributed by atoms with van der Waals surface area (Å²) in [6, 6.07) is 0. The molecule has 0 N–H and O–H groups in total. The quantitative estimate of drug-likeness (QED) is 0.483.